The van der Waals surface area contributed by atoms with Crippen LogP contribution in [0.3, 0.4) is 0 Å². The van der Waals surface area contributed by atoms with Crippen LogP contribution in [0.25, 0.3) is 0 Å². The number of unbranched alkanes of at least 4 members (excludes halogenated alkanes) is 2. The molecule has 0 aromatic heterocycles. The van der Waals surface area contributed by atoms with Gasteiger partial charge in [0.25, 0.3) is 10.1 Å². The minimum atomic E-state index is -3.41. The van der Waals surface area contributed by atoms with Gasteiger partial charge in [-0.25, -0.2) is 0 Å². The summed E-state index contributed by atoms with van der Waals surface area (Å²) in [7, 11) is 11.9. The number of aliphatic hydroxyl groups is 3. The van der Waals surface area contributed by atoms with Crippen LogP contribution in [0.2, 0.25) is 0 Å². The molecule has 0 amide bonds. The first-order chi connectivity index (χ1) is 38.5. The fraction of sp³-hybridized carbons (Fsp3) is 0.927. The number of hydrogen-bond acceptors (Lipinski definition) is 24. The number of aliphatic hydroxyl groups excluding tert-OH is 3. The average Bonchev–Trinajstić information content (AvgIpc) is 3.47. The van der Waals surface area contributed by atoms with Gasteiger partial charge in [0.05, 0.1) is 12.9 Å². The van der Waals surface area contributed by atoms with Crippen molar-refractivity contribution >= 4 is 22.7 Å². The van der Waals surface area contributed by atoms with E-state index in [2.05, 4.69) is 23.0 Å². The summed E-state index contributed by atoms with van der Waals surface area (Å²) in [5.41, 5.74) is 0. The molecule has 8 atom stereocenters. The highest BCUT2D eigenvalue weighted by atomic mass is 32.2. The maximum absolute atomic E-state index is 10.9. The lowest BCUT2D eigenvalue weighted by molar-refractivity contribution is -0.252. The molecule has 3 fully saturated rings. The SMILES string of the molecule is C=CCC(O)C(OC)OC.CCCCC(O)C=O.CCCCC(OC1CCCCO1)C(OC)OC.COC(C=O)OC.COC(OC)C(CCCO)OC1CCCCO1.COC(OC)C(CCCOS(C)(=O)=O)OC1CCCCO1. The Morgan fingerprint density at radius 2 is 0.887 bits per heavy atom. The largest absolute Gasteiger partial charge is 0.396 e. The highest BCUT2D eigenvalue weighted by molar-refractivity contribution is 7.85. The molecule has 0 saturated carbocycles. The third-order valence-corrected chi connectivity index (χ3v) is 12.5. The highest BCUT2D eigenvalue weighted by Crippen LogP contribution is 2.23. The molecule has 3 aliphatic heterocycles. The third-order valence-electron chi connectivity index (χ3n) is 11.9. The fourth-order valence-corrected chi connectivity index (χ4v) is 8.04. The van der Waals surface area contributed by atoms with Crippen LogP contribution in [0, 0.1) is 0 Å². The lowest BCUT2D eigenvalue weighted by Crippen LogP contribution is -2.37. The predicted octanol–water partition coefficient (Wildman–Crippen LogP) is 6.35. The fourth-order valence-electron chi connectivity index (χ4n) is 7.62. The zero-order chi connectivity index (χ0) is 60.8. The Labute approximate surface area is 480 Å². The second-order valence-corrected chi connectivity index (χ2v) is 20.0. The Balaban J connectivity index is -0.000000927. The summed E-state index contributed by atoms with van der Waals surface area (Å²) < 4.78 is 111. The standard InChI is InChI=1S/C13H26O7S.C13H26O4.C12H24O5.C7H14O3.C6H12O2.C4H8O3/c1-16-13(17-2)11(7-6-10-19-21(3,14)15)20-12-8-4-5-9-18-12;1-4-5-8-11(13(14-2)15-3)17-12-9-6-7-10-16-12;1-14-12(15-2)10(6-5-8-13)17-11-7-3-4-9-16-11;1-4-5-6(8)7(9-2)10-3;1-2-3-4-6(8)5-7;1-6-4(3-5)7-2/h11-13H,4-10H2,1-3H3;11-13H,4-10H2,1-3H3;10-13H,3-9H2,1-2H3;4,6-8H,1,5H2,2-3H3;5-6,8H,2-4H2,1H3;3-4H,1-2H3. The molecule has 0 aromatic carbocycles. The molecule has 3 rings (SSSR count). The van der Waals surface area contributed by atoms with Crippen LogP contribution in [0.4, 0.5) is 0 Å². The van der Waals surface area contributed by atoms with Gasteiger partial charge in [0.2, 0.25) is 6.29 Å². The number of rotatable bonds is 38. The van der Waals surface area contributed by atoms with E-state index in [9.17, 15) is 23.1 Å². The number of hydrogen-bond donors (Lipinski definition) is 3. The lowest BCUT2D eigenvalue weighted by atomic mass is 10.1. The van der Waals surface area contributed by atoms with E-state index in [1.54, 1.807) is 48.7 Å². The molecular weight excluding hydrogens is 1080 g/mol. The van der Waals surface area contributed by atoms with Crippen molar-refractivity contribution in [2.45, 2.75) is 223 Å². The molecule has 3 heterocycles. The topological polar surface area (TPSA) is 286 Å². The molecule has 80 heavy (non-hydrogen) atoms. The van der Waals surface area contributed by atoms with E-state index in [1.807, 2.05) is 6.92 Å². The predicted molar refractivity (Wildman–Crippen MR) is 299 cm³/mol. The molecule has 24 nitrogen and oxygen atoms in total. The molecule has 0 radical (unpaired) electrons. The molecular formula is C55H110O24S. The molecule has 0 aliphatic carbocycles. The second-order valence-electron chi connectivity index (χ2n) is 18.4. The Morgan fingerprint density at radius 1 is 0.525 bits per heavy atom. The van der Waals surface area contributed by atoms with Crippen LogP contribution in [0.15, 0.2) is 12.7 Å². The smallest absolute Gasteiger partial charge is 0.264 e. The normalized spacial score (nSPS) is 19.3. The van der Waals surface area contributed by atoms with Crippen LogP contribution >= 0.6 is 0 Å². The van der Waals surface area contributed by atoms with Crippen molar-refractivity contribution in [1.82, 2.24) is 0 Å². The van der Waals surface area contributed by atoms with Gasteiger partial charge < -0.3 is 95.9 Å². The van der Waals surface area contributed by atoms with Crippen LogP contribution in [-0.4, -0.2) is 228 Å². The maximum atomic E-state index is 10.9. The summed E-state index contributed by atoms with van der Waals surface area (Å²) in [6, 6.07) is 0. The monoisotopic (exact) mass is 1190 g/mol. The molecule has 25 heteroatoms. The van der Waals surface area contributed by atoms with Crippen molar-refractivity contribution in [3.63, 3.8) is 0 Å². The number of methoxy groups -OCH3 is 10. The van der Waals surface area contributed by atoms with E-state index >= 15 is 0 Å². The van der Waals surface area contributed by atoms with E-state index < -0.39 is 47.5 Å². The maximum Gasteiger partial charge on any atom is 0.264 e. The Morgan fingerprint density at radius 3 is 1.15 bits per heavy atom. The van der Waals surface area contributed by atoms with E-state index in [1.165, 1.54) is 34.9 Å². The Hall–Kier alpha value is -1.77. The Bertz CT molecular complexity index is 1380. The van der Waals surface area contributed by atoms with Gasteiger partial charge in [-0.2, -0.15) is 8.42 Å². The minimum Gasteiger partial charge on any atom is -0.396 e. The molecule has 0 bridgehead atoms. The van der Waals surface area contributed by atoms with E-state index in [-0.39, 0.29) is 56.7 Å². The first-order valence-corrected chi connectivity index (χ1v) is 29.7. The first-order valence-electron chi connectivity index (χ1n) is 27.9. The third kappa shape index (κ3) is 45.6. The molecule has 0 aromatic rings. The van der Waals surface area contributed by atoms with Crippen molar-refractivity contribution in [2.24, 2.45) is 0 Å². The van der Waals surface area contributed by atoms with Crippen molar-refractivity contribution in [3.8, 4) is 0 Å². The summed E-state index contributed by atoms with van der Waals surface area (Å²) in [6.45, 7) is 10.2. The van der Waals surface area contributed by atoms with Gasteiger partial charge in [-0.05, 0) is 103 Å². The molecule has 480 valence electrons. The van der Waals surface area contributed by atoms with Crippen LogP contribution in [0.5, 0.6) is 0 Å². The van der Waals surface area contributed by atoms with Crippen molar-refractivity contribution in [3.05, 3.63) is 12.7 Å². The van der Waals surface area contributed by atoms with E-state index in [0.29, 0.717) is 57.7 Å². The molecule has 0 spiro atoms. The Kier molecular flexibility index (Phi) is 59.4. The number of carbonyl (C=O) groups is 2. The van der Waals surface area contributed by atoms with E-state index in [4.69, 9.17) is 80.7 Å². The van der Waals surface area contributed by atoms with Crippen molar-refractivity contribution in [2.75, 3.05) is 110 Å². The summed E-state index contributed by atoms with van der Waals surface area (Å²) in [5.74, 6) is 0. The van der Waals surface area contributed by atoms with Gasteiger partial charge in [-0.3, -0.25) is 8.98 Å². The van der Waals surface area contributed by atoms with E-state index in [0.717, 1.165) is 103 Å². The van der Waals surface area contributed by atoms with Crippen molar-refractivity contribution in [1.29, 1.82) is 0 Å². The summed E-state index contributed by atoms with van der Waals surface area (Å²) in [4.78, 5) is 19.5. The first kappa shape index (κ1) is 82.4. The summed E-state index contributed by atoms with van der Waals surface area (Å²) in [5, 5.41) is 26.7. The van der Waals surface area contributed by atoms with Crippen LogP contribution in [0.1, 0.15) is 142 Å². The highest BCUT2D eigenvalue weighted by Gasteiger charge is 2.29. The number of carbonyl (C=O) groups excluding carboxylic acids is 2. The van der Waals surface area contributed by atoms with Gasteiger partial charge >= 0.3 is 0 Å². The molecule has 8 unspecified atom stereocenters. The van der Waals surface area contributed by atoms with Gasteiger partial charge in [-0.1, -0.05) is 45.6 Å². The quantitative estimate of drug-likeness (QED) is 0.0199. The van der Waals surface area contributed by atoms with Gasteiger partial charge in [-0.15, -0.1) is 6.58 Å². The molecule has 3 saturated heterocycles. The van der Waals surface area contributed by atoms with Gasteiger partial charge in [0.15, 0.2) is 50.3 Å². The number of ether oxygens (including phenoxy) is 16. The number of aldehydes is 2. The van der Waals surface area contributed by atoms with Gasteiger partial charge in [0.1, 0.15) is 36.8 Å². The van der Waals surface area contributed by atoms with Crippen molar-refractivity contribution < 1.29 is 113 Å². The van der Waals surface area contributed by atoms with Crippen LogP contribution in [-0.2, 0) is 99.7 Å². The van der Waals surface area contributed by atoms with Gasteiger partial charge in [0, 0.05) is 97.5 Å². The summed E-state index contributed by atoms with van der Waals surface area (Å²) >= 11 is 0. The average molecular weight is 1190 g/mol. The molecule has 3 aliphatic rings. The lowest BCUT2D eigenvalue weighted by Gasteiger charge is -2.31. The second kappa shape index (κ2) is 57.7. The van der Waals surface area contributed by atoms with Crippen LogP contribution < -0.4 is 0 Å². The molecule has 3 N–H and O–H groups in total. The zero-order valence-electron chi connectivity index (χ0n) is 50.9. The summed E-state index contributed by atoms with van der Waals surface area (Å²) in [6.07, 6.45) is 17.0. The minimum absolute atomic E-state index is 0.0342. The zero-order valence-corrected chi connectivity index (χ0v) is 51.8.